The molecule has 0 aliphatic carbocycles. The minimum atomic E-state index is 0.399. The summed E-state index contributed by atoms with van der Waals surface area (Å²) in [6, 6.07) is 45.9. The first kappa shape index (κ1) is 27.9. The fourth-order valence-electron chi connectivity index (χ4n) is 5.55. The average molecular weight is 572 g/mol. The molecule has 0 bridgehead atoms. The number of thiol groups is 1. The van der Waals surface area contributed by atoms with Gasteiger partial charge < -0.3 is 4.90 Å². The Hall–Kier alpha value is -5.29. The monoisotopic (exact) mass is 571 g/mol. The largest absolute Gasteiger partial charge is 0.311 e. The molecular formula is C39H29N3S. The summed E-state index contributed by atoms with van der Waals surface area (Å²) < 4.78 is 0. The molecule has 6 aromatic carbocycles. The summed E-state index contributed by atoms with van der Waals surface area (Å²) in [5, 5.41) is 23.1. The lowest BCUT2D eigenvalue weighted by Gasteiger charge is -2.26. The van der Waals surface area contributed by atoms with Crippen molar-refractivity contribution in [2.45, 2.75) is 12.8 Å². The van der Waals surface area contributed by atoms with Gasteiger partial charge in [-0.25, -0.2) is 0 Å². The number of fused-ring (bicyclic) bond motifs is 2. The molecule has 0 radical (unpaired) electrons. The minimum Gasteiger partial charge on any atom is -0.311 e. The van der Waals surface area contributed by atoms with Crippen LogP contribution in [0.25, 0.3) is 33.7 Å². The van der Waals surface area contributed by atoms with Gasteiger partial charge in [0.25, 0.3) is 0 Å². The molecule has 0 fully saturated rings. The topological polar surface area (TPSA) is 50.8 Å². The lowest BCUT2D eigenvalue weighted by Crippen LogP contribution is -2.10. The van der Waals surface area contributed by atoms with Gasteiger partial charge in [0.05, 0.1) is 11.1 Å². The van der Waals surface area contributed by atoms with Crippen LogP contribution < -0.4 is 4.90 Å². The van der Waals surface area contributed by atoms with E-state index in [2.05, 4.69) is 115 Å². The second kappa shape index (κ2) is 12.3. The molecule has 0 saturated carbocycles. The van der Waals surface area contributed by atoms with Gasteiger partial charge in [-0.05, 0) is 70.8 Å². The van der Waals surface area contributed by atoms with E-state index in [0.717, 1.165) is 55.5 Å². The molecule has 206 valence electrons. The van der Waals surface area contributed by atoms with E-state index in [-0.39, 0.29) is 0 Å². The van der Waals surface area contributed by atoms with Gasteiger partial charge >= 0.3 is 0 Å². The summed E-state index contributed by atoms with van der Waals surface area (Å²) in [5.74, 6) is 1.21. The zero-order valence-corrected chi connectivity index (χ0v) is 24.7. The molecule has 0 aliphatic rings. The van der Waals surface area contributed by atoms with Crippen LogP contribution in [0, 0.1) is 22.7 Å². The van der Waals surface area contributed by atoms with Crippen molar-refractivity contribution >= 4 is 63.4 Å². The van der Waals surface area contributed by atoms with E-state index in [1.807, 2.05) is 54.6 Å². The van der Waals surface area contributed by atoms with Crippen molar-refractivity contribution in [3.05, 3.63) is 149 Å². The van der Waals surface area contributed by atoms with Crippen molar-refractivity contribution in [3.63, 3.8) is 0 Å². The Morgan fingerprint density at radius 1 is 0.605 bits per heavy atom. The average Bonchev–Trinajstić information content (AvgIpc) is 3.07. The van der Waals surface area contributed by atoms with Crippen LogP contribution in [0.15, 0.2) is 121 Å². The van der Waals surface area contributed by atoms with Crippen LogP contribution in [-0.4, -0.2) is 5.75 Å². The predicted octanol–water partition coefficient (Wildman–Crippen LogP) is 10.4. The smallest absolute Gasteiger partial charge is 0.100 e. The van der Waals surface area contributed by atoms with Crippen LogP contribution >= 0.6 is 12.6 Å². The SMILES string of the molecule is C[C@H](CS)c1ccc(N(c2ccccc2)c2ccc(C=Cc3ccc4c(C#N)c5ccccc5c(C#N)c4c3)cc2)cc1. The fourth-order valence-corrected chi connectivity index (χ4v) is 5.76. The van der Waals surface area contributed by atoms with Crippen molar-refractivity contribution in [2.24, 2.45) is 0 Å². The maximum absolute atomic E-state index is 10.0. The highest BCUT2D eigenvalue weighted by Crippen LogP contribution is 2.36. The van der Waals surface area contributed by atoms with Crippen molar-refractivity contribution < 1.29 is 0 Å². The molecule has 3 nitrogen and oxygen atoms in total. The molecule has 0 saturated heterocycles. The number of para-hydroxylation sites is 1. The highest BCUT2D eigenvalue weighted by Gasteiger charge is 2.15. The van der Waals surface area contributed by atoms with Crippen molar-refractivity contribution in [1.82, 2.24) is 0 Å². The van der Waals surface area contributed by atoms with Gasteiger partial charge in [-0.1, -0.05) is 97.9 Å². The molecule has 43 heavy (non-hydrogen) atoms. The normalized spacial score (nSPS) is 11.8. The Bertz CT molecular complexity index is 2030. The summed E-state index contributed by atoms with van der Waals surface area (Å²) in [7, 11) is 0. The summed E-state index contributed by atoms with van der Waals surface area (Å²) in [6.07, 6.45) is 4.12. The number of anilines is 3. The molecule has 0 spiro atoms. The van der Waals surface area contributed by atoms with E-state index in [1.165, 1.54) is 5.56 Å². The quantitative estimate of drug-likeness (QED) is 0.118. The van der Waals surface area contributed by atoms with Gasteiger partial charge in [0.2, 0.25) is 0 Å². The standard InChI is InChI=1S/C39H29N3S/c1-27(26-43)30-16-20-33(21-17-30)42(31-7-3-2-4-8-31)32-18-13-28(14-19-32)11-12-29-15-22-36-37(23-29)39(25-41)35-10-6-5-9-34(35)38(36)24-40/h2-23,27,43H,26H2,1H3/t27-/m1/s1. The van der Waals surface area contributed by atoms with E-state index in [0.29, 0.717) is 17.0 Å². The molecule has 0 heterocycles. The third-order valence-electron chi connectivity index (χ3n) is 7.90. The first-order valence-corrected chi connectivity index (χ1v) is 14.9. The summed E-state index contributed by atoms with van der Waals surface area (Å²) in [5.41, 5.74) is 7.76. The Kier molecular flexibility index (Phi) is 7.96. The molecular weight excluding hydrogens is 543 g/mol. The van der Waals surface area contributed by atoms with E-state index in [4.69, 9.17) is 0 Å². The van der Waals surface area contributed by atoms with E-state index in [9.17, 15) is 10.5 Å². The van der Waals surface area contributed by atoms with Crippen LogP contribution in [0.5, 0.6) is 0 Å². The van der Waals surface area contributed by atoms with E-state index in [1.54, 1.807) is 0 Å². The number of hydrogen-bond acceptors (Lipinski definition) is 4. The second-order valence-corrected chi connectivity index (χ2v) is 11.0. The molecule has 0 unspecified atom stereocenters. The summed E-state index contributed by atoms with van der Waals surface area (Å²) >= 11 is 4.46. The minimum absolute atomic E-state index is 0.399. The summed E-state index contributed by atoms with van der Waals surface area (Å²) in [4.78, 5) is 2.26. The predicted molar refractivity (Wildman–Crippen MR) is 183 cm³/mol. The first-order chi connectivity index (χ1) is 21.1. The Labute approximate surface area is 258 Å². The third-order valence-corrected chi connectivity index (χ3v) is 8.45. The molecule has 0 amide bonds. The van der Waals surface area contributed by atoms with E-state index < -0.39 is 0 Å². The zero-order chi connectivity index (χ0) is 29.8. The van der Waals surface area contributed by atoms with Crippen LogP contribution in [0.3, 0.4) is 0 Å². The van der Waals surface area contributed by atoms with Crippen molar-refractivity contribution in [3.8, 4) is 12.1 Å². The number of benzene rings is 6. The van der Waals surface area contributed by atoms with Gasteiger partial charge in [-0.2, -0.15) is 23.2 Å². The molecule has 0 N–H and O–H groups in total. The van der Waals surface area contributed by atoms with Crippen LogP contribution in [0.1, 0.15) is 40.7 Å². The second-order valence-electron chi connectivity index (χ2n) is 10.6. The van der Waals surface area contributed by atoms with Crippen LogP contribution in [0.4, 0.5) is 17.1 Å². The molecule has 1 atom stereocenters. The van der Waals surface area contributed by atoms with Gasteiger partial charge in [0.15, 0.2) is 0 Å². The highest BCUT2D eigenvalue weighted by atomic mass is 32.1. The van der Waals surface area contributed by atoms with Gasteiger partial charge in [0.1, 0.15) is 12.1 Å². The van der Waals surface area contributed by atoms with Gasteiger partial charge in [-0.3, -0.25) is 0 Å². The van der Waals surface area contributed by atoms with Crippen molar-refractivity contribution in [1.29, 1.82) is 10.5 Å². The molecule has 6 aromatic rings. The Morgan fingerprint density at radius 2 is 1.09 bits per heavy atom. The number of rotatable bonds is 7. The zero-order valence-electron chi connectivity index (χ0n) is 23.8. The first-order valence-electron chi connectivity index (χ1n) is 14.2. The number of nitriles is 2. The Balaban J connectivity index is 1.32. The number of nitrogens with zero attached hydrogens (tertiary/aromatic N) is 3. The molecule has 0 aliphatic heterocycles. The summed E-state index contributed by atoms with van der Waals surface area (Å²) in [6.45, 7) is 2.19. The molecule has 6 rings (SSSR count). The van der Waals surface area contributed by atoms with E-state index >= 15 is 0 Å². The van der Waals surface area contributed by atoms with Crippen molar-refractivity contribution in [2.75, 3.05) is 10.7 Å². The fraction of sp³-hybridized carbons (Fsp3) is 0.0769. The van der Waals surface area contributed by atoms with Crippen LogP contribution in [0.2, 0.25) is 0 Å². The molecule has 0 aromatic heterocycles. The third kappa shape index (κ3) is 5.50. The Morgan fingerprint density at radius 3 is 1.70 bits per heavy atom. The number of hydrogen-bond donors (Lipinski definition) is 1. The lowest BCUT2D eigenvalue weighted by molar-refractivity contribution is 0.884. The lowest BCUT2D eigenvalue weighted by atomic mass is 9.91. The van der Waals surface area contributed by atoms with Crippen LogP contribution in [-0.2, 0) is 0 Å². The molecule has 4 heteroatoms. The maximum Gasteiger partial charge on any atom is 0.100 e. The maximum atomic E-state index is 10.0. The highest BCUT2D eigenvalue weighted by molar-refractivity contribution is 7.80. The van der Waals surface area contributed by atoms with Gasteiger partial charge in [0, 0.05) is 38.6 Å². The van der Waals surface area contributed by atoms with Gasteiger partial charge in [-0.15, -0.1) is 0 Å².